The molecular weight excluding hydrogens is 292 g/mol. The van der Waals surface area contributed by atoms with Crippen LogP contribution in [0.4, 0.5) is 5.69 Å². The van der Waals surface area contributed by atoms with Crippen LogP contribution in [0.3, 0.4) is 0 Å². The molecule has 0 aromatic heterocycles. The molecule has 0 saturated carbocycles. The number of rotatable bonds is 5. The van der Waals surface area contributed by atoms with Crippen LogP contribution in [0.5, 0.6) is 0 Å². The molecule has 0 radical (unpaired) electrons. The van der Waals surface area contributed by atoms with Crippen LogP contribution in [0, 0.1) is 5.92 Å². The van der Waals surface area contributed by atoms with Crippen LogP contribution in [0.15, 0.2) is 22.7 Å². The van der Waals surface area contributed by atoms with Gasteiger partial charge in [0.1, 0.15) is 0 Å². The number of nitrogen functional groups attached to an aromatic ring is 1. The number of carbonyl (C=O) groups is 1. The minimum absolute atomic E-state index is 0.0754. The van der Waals surface area contributed by atoms with Crippen LogP contribution in [0.1, 0.15) is 44.0 Å². The topological polar surface area (TPSA) is 55.1 Å². The van der Waals surface area contributed by atoms with Gasteiger partial charge in [0.25, 0.3) is 5.91 Å². The van der Waals surface area contributed by atoms with Gasteiger partial charge in [-0.3, -0.25) is 4.79 Å². The van der Waals surface area contributed by atoms with Crippen molar-refractivity contribution >= 4 is 27.5 Å². The highest BCUT2D eigenvalue weighted by Crippen LogP contribution is 2.24. The van der Waals surface area contributed by atoms with E-state index in [2.05, 4.69) is 42.0 Å². The van der Waals surface area contributed by atoms with Gasteiger partial charge in [0, 0.05) is 11.7 Å². The van der Waals surface area contributed by atoms with Crippen molar-refractivity contribution < 1.29 is 4.79 Å². The van der Waals surface area contributed by atoms with E-state index in [4.69, 9.17) is 5.73 Å². The third kappa shape index (κ3) is 3.48. The van der Waals surface area contributed by atoms with Gasteiger partial charge in [-0.1, -0.05) is 32.8 Å². The number of halogens is 1. The molecule has 1 unspecified atom stereocenters. The van der Waals surface area contributed by atoms with Gasteiger partial charge < -0.3 is 11.1 Å². The van der Waals surface area contributed by atoms with Gasteiger partial charge in [-0.05, 0) is 40.9 Å². The predicted molar refractivity (Wildman–Crippen MR) is 79.6 cm³/mol. The van der Waals surface area contributed by atoms with Crippen molar-refractivity contribution in [2.75, 3.05) is 5.73 Å². The van der Waals surface area contributed by atoms with Gasteiger partial charge >= 0.3 is 0 Å². The molecule has 4 heteroatoms. The zero-order chi connectivity index (χ0) is 13.7. The predicted octanol–water partition coefficient (Wildman–Crippen LogP) is 3.59. The average molecular weight is 313 g/mol. The summed E-state index contributed by atoms with van der Waals surface area (Å²) in [6.45, 7) is 6.34. The fourth-order valence-corrected chi connectivity index (χ4v) is 2.57. The molecule has 0 saturated heterocycles. The Balaban J connectivity index is 2.79. The van der Waals surface area contributed by atoms with E-state index < -0.39 is 0 Å². The van der Waals surface area contributed by atoms with Crippen LogP contribution < -0.4 is 11.1 Å². The van der Waals surface area contributed by atoms with E-state index in [1.54, 1.807) is 18.2 Å². The van der Waals surface area contributed by atoms with Crippen molar-refractivity contribution in [2.24, 2.45) is 5.92 Å². The van der Waals surface area contributed by atoms with Gasteiger partial charge in [0.15, 0.2) is 0 Å². The lowest BCUT2D eigenvalue weighted by molar-refractivity contribution is 0.0924. The molecule has 18 heavy (non-hydrogen) atoms. The Kier molecular flexibility index (Phi) is 5.66. The second kappa shape index (κ2) is 6.78. The van der Waals surface area contributed by atoms with Crippen LogP contribution in [-0.2, 0) is 0 Å². The number of nitrogens with two attached hydrogens (primary N) is 1. The molecule has 0 aliphatic rings. The molecule has 0 aliphatic heterocycles. The third-order valence-electron chi connectivity index (χ3n) is 3.39. The summed E-state index contributed by atoms with van der Waals surface area (Å²) in [5.74, 6) is 0.433. The highest BCUT2D eigenvalue weighted by atomic mass is 79.9. The molecule has 1 aromatic rings. The first-order valence-electron chi connectivity index (χ1n) is 6.36. The van der Waals surface area contributed by atoms with E-state index in [-0.39, 0.29) is 11.9 Å². The zero-order valence-corrected chi connectivity index (χ0v) is 12.8. The summed E-state index contributed by atoms with van der Waals surface area (Å²) in [6.07, 6.45) is 2.13. The van der Waals surface area contributed by atoms with Gasteiger partial charge in [-0.2, -0.15) is 0 Å². The number of carbonyl (C=O) groups excluding carboxylic acids is 1. The van der Waals surface area contributed by atoms with Crippen molar-refractivity contribution in [3.63, 3.8) is 0 Å². The lowest BCUT2D eigenvalue weighted by Gasteiger charge is -2.22. The Morgan fingerprint density at radius 3 is 2.56 bits per heavy atom. The number of amides is 1. The van der Waals surface area contributed by atoms with Gasteiger partial charge in [-0.15, -0.1) is 0 Å². The second-order valence-corrected chi connectivity index (χ2v) is 5.34. The summed E-state index contributed by atoms with van der Waals surface area (Å²) in [7, 11) is 0. The normalized spacial score (nSPS) is 12.5. The number of nitrogens with one attached hydrogen (secondary N) is 1. The summed E-state index contributed by atoms with van der Waals surface area (Å²) >= 11 is 3.36. The van der Waals surface area contributed by atoms with Crippen LogP contribution in [0.25, 0.3) is 0 Å². The van der Waals surface area contributed by atoms with Crippen LogP contribution in [0.2, 0.25) is 0 Å². The first kappa shape index (κ1) is 15.0. The first-order valence-corrected chi connectivity index (χ1v) is 7.15. The van der Waals surface area contributed by atoms with E-state index in [1.165, 1.54) is 0 Å². The zero-order valence-electron chi connectivity index (χ0n) is 11.2. The van der Waals surface area contributed by atoms with E-state index in [0.717, 1.165) is 12.8 Å². The van der Waals surface area contributed by atoms with Crippen molar-refractivity contribution in [1.82, 2.24) is 5.32 Å². The summed E-state index contributed by atoms with van der Waals surface area (Å²) < 4.78 is 0.666. The van der Waals surface area contributed by atoms with Crippen molar-refractivity contribution in [3.05, 3.63) is 28.2 Å². The Labute approximate surface area is 117 Å². The number of anilines is 1. The average Bonchev–Trinajstić information content (AvgIpc) is 2.34. The molecule has 1 amide bonds. The van der Waals surface area contributed by atoms with E-state index in [9.17, 15) is 4.79 Å². The summed E-state index contributed by atoms with van der Waals surface area (Å²) in [6, 6.07) is 5.50. The number of benzene rings is 1. The van der Waals surface area contributed by atoms with Crippen molar-refractivity contribution in [1.29, 1.82) is 0 Å². The lowest BCUT2D eigenvalue weighted by atomic mass is 9.95. The molecule has 0 bridgehead atoms. The van der Waals surface area contributed by atoms with Gasteiger partial charge in [0.2, 0.25) is 0 Å². The molecule has 0 spiro atoms. The highest BCUT2D eigenvalue weighted by molar-refractivity contribution is 9.10. The summed E-state index contributed by atoms with van der Waals surface area (Å²) in [5, 5.41) is 3.04. The maximum absolute atomic E-state index is 12.2. The molecule has 1 rings (SSSR count). The van der Waals surface area contributed by atoms with Crippen molar-refractivity contribution in [3.8, 4) is 0 Å². The molecule has 100 valence electrons. The fourth-order valence-electron chi connectivity index (χ4n) is 2.12. The fraction of sp³-hybridized carbons (Fsp3) is 0.500. The SMILES string of the molecule is CCC(CC)C(C)NC(=O)c1cccc(N)c1Br. The van der Waals surface area contributed by atoms with E-state index in [0.29, 0.717) is 21.6 Å². The Morgan fingerprint density at radius 2 is 2.00 bits per heavy atom. The number of hydrogen-bond acceptors (Lipinski definition) is 2. The van der Waals surface area contributed by atoms with Crippen LogP contribution in [-0.4, -0.2) is 11.9 Å². The Bertz CT molecular complexity index is 416. The van der Waals surface area contributed by atoms with Crippen molar-refractivity contribution in [2.45, 2.75) is 39.7 Å². The minimum atomic E-state index is -0.0754. The molecular formula is C14H21BrN2O. The largest absolute Gasteiger partial charge is 0.398 e. The Morgan fingerprint density at radius 1 is 1.39 bits per heavy atom. The molecule has 0 aliphatic carbocycles. The molecule has 0 fully saturated rings. The van der Waals surface area contributed by atoms with Crippen LogP contribution >= 0.6 is 15.9 Å². The summed E-state index contributed by atoms with van der Waals surface area (Å²) in [4.78, 5) is 12.2. The standard InChI is InChI=1S/C14H21BrN2O/c1-4-10(5-2)9(3)17-14(18)11-7-6-8-12(16)13(11)15/h6-10H,4-5,16H2,1-3H3,(H,17,18). The second-order valence-electron chi connectivity index (χ2n) is 4.55. The maximum atomic E-state index is 12.2. The smallest absolute Gasteiger partial charge is 0.252 e. The lowest BCUT2D eigenvalue weighted by Crippen LogP contribution is -2.37. The summed E-state index contributed by atoms with van der Waals surface area (Å²) in [5.41, 5.74) is 6.95. The van der Waals surface area contributed by atoms with E-state index >= 15 is 0 Å². The van der Waals surface area contributed by atoms with Gasteiger partial charge in [-0.25, -0.2) is 0 Å². The van der Waals surface area contributed by atoms with E-state index in [1.807, 2.05) is 0 Å². The molecule has 0 heterocycles. The number of hydrogen-bond donors (Lipinski definition) is 2. The third-order valence-corrected chi connectivity index (χ3v) is 4.27. The Hall–Kier alpha value is -1.03. The van der Waals surface area contributed by atoms with Gasteiger partial charge in [0.05, 0.1) is 10.0 Å². The molecule has 1 atom stereocenters. The molecule has 3 N–H and O–H groups in total. The maximum Gasteiger partial charge on any atom is 0.252 e. The quantitative estimate of drug-likeness (QED) is 0.816. The highest BCUT2D eigenvalue weighted by Gasteiger charge is 2.18. The minimum Gasteiger partial charge on any atom is -0.398 e. The molecule has 1 aromatic carbocycles. The first-order chi connectivity index (χ1) is 8.51. The molecule has 3 nitrogen and oxygen atoms in total. The monoisotopic (exact) mass is 312 g/mol.